The summed E-state index contributed by atoms with van der Waals surface area (Å²) in [6.45, 7) is 6.66. The number of halogens is 1. The summed E-state index contributed by atoms with van der Waals surface area (Å²) in [6.07, 6.45) is 1.19. The lowest BCUT2D eigenvalue weighted by molar-refractivity contribution is 0.400. The molecule has 1 aromatic carbocycles. The van der Waals surface area contributed by atoms with Crippen molar-refractivity contribution in [2.45, 2.75) is 33.2 Å². The first-order valence-corrected chi connectivity index (χ1v) is 6.32. The van der Waals surface area contributed by atoms with E-state index in [9.17, 15) is 0 Å². The summed E-state index contributed by atoms with van der Waals surface area (Å²) in [5.74, 6) is 0.656. The van der Waals surface area contributed by atoms with Gasteiger partial charge >= 0.3 is 0 Å². The van der Waals surface area contributed by atoms with Crippen LogP contribution >= 0.6 is 15.9 Å². The molecule has 2 atom stereocenters. The van der Waals surface area contributed by atoms with Gasteiger partial charge in [0.25, 0.3) is 0 Å². The highest BCUT2D eigenvalue weighted by atomic mass is 79.9. The van der Waals surface area contributed by atoms with E-state index in [0.717, 1.165) is 0 Å². The molecule has 0 heterocycles. The summed E-state index contributed by atoms with van der Waals surface area (Å²) >= 11 is 3.55. The maximum Gasteiger partial charge on any atom is 0.0343 e. The molecule has 1 nitrogen and oxygen atoms in total. The normalized spacial score (nSPS) is 15.0. The Balaban J connectivity index is 3.01. The summed E-state index contributed by atoms with van der Waals surface area (Å²) in [5, 5.41) is 3.40. The molecule has 0 aliphatic rings. The third-order valence-electron chi connectivity index (χ3n) is 2.95. The van der Waals surface area contributed by atoms with Gasteiger partial charge in [0.1, 0.15) is 0 Å². The third kappa shape index (κ3) is 3.32. The quantitative estimate of drug-likeness (QED) is 0.869. The molecule has 15 heavy (non-hydrogen) atoms. The van der Waals surface area contributed by atoms with Gasteiger partial charge in [0, 0.05) is 10.5 Å². The van der Waals surface area contributed by atoms with Crippen molar-refractivity contribution in [3.05, 3.63) is 33.8 Å². The summed E-state index contributed by atoms with van der Waals surface area (Å²) in [5.41, 5.74) is 2.68. The van der Waals surface area contributed by atoms with E-state index in [4.69, 9.17) is 0 Å². The molecular weight excluding hydrogens is 250 g/mol. The molecular formula is C13H20BrN. The zero-order chi connectivity index (χ0) is 11.4. The van der Waals surface area contributed by atoms with E-state index in [2.05, 4.69) is 60.2 Å². The molecule has 0 saturated heterocycles. The molecule has 0 fully saturated rings. The van der Waals surface area contributed by atoms with E-state index in [-0.39, 0.29) is 0 Å². The lowest BCUT2D eigenvalue weighted by atomic mass is 9.92. The average Bonchev–Trinajstić information content (AvgIpc) is 2.17. The Morgan fingerprint density at radius 1 is 1.33 bits per heavy atom. The van der Waals surface area contributed by atoms with Crippen LogP contribution < -0.4 is 5.32 Å². The van der Waals surface area contributed by atoms with Crippen molar-refractivity contribution < 1.29 is 0 Å². The fourth-order valence-electron chi connectivity index (χ4n) is 1.96. The first-order chi connectivity index (χ1) is 7.08. The van der Waals surface area contributed by atoms with Gasteiger partial charge in [0.05, 0.1) is 0 Å². The number of benzene rings is 1. The molecule has 1 N–H and O–H groups in total. The number of aryl methyl sites for hydroxylation is 1. The van der Waals surface area contributed by atoms with Crippen molar-refractivity contribution in [1.29, 1.82) is 0 Å². The second-order valence-corrected chi connectivity index (χ2v) is 5.13. The largest absolute Gasteiger partial charge is 0.313 e. The summed E-state index contributed by atoms with van der Waals surface area (Å²) < 4.78 is 1.17. The number of hydrogen-bond donors (Lipinski definition) is 1. The van der Waals surface area contributed by atoms with Crippen LogP contribution in [0.15, 0.2) is 22.7 Å². The van der Waals surface area contributed by atoms with Crippen molar-refractivity contribution in [3.8, 4) is 0 Å². The highest BCUT2D eigenvalue weighted by molar-refractivity contribution is 9.10. The smallest absolute Gasteiger partial charge is 0.0343 e. The first kappa shape index (κ1) is 12.7. The van der Waals surface area contributed by atoms with E-state index in [1.807, 2.05) is 7.05 Å². The van der Waals surface area contributed by atoms with Gasteiger partial charge in [-0.2, -0.15) is 0 Å². The topological polar surface area (TPSA) is 12.0 Å². The molecule has 0 bridgehead atoms. The van der Waals surface area contributed by atoms with Crippen molar-refractivity contribution in [1.82, 2.24) is 5.32 Å². The van der Waals surface area contributed by atoms with E-state index >= 15 is 0 Å². The minimum absolute atomic E-state index is 0.450. The summed E-state index contributed by atoms with van der Waals surface area (Å²) in [4.78, 5) is 0. The first-order valence-electron chi connectivity index (χ1n) is 5.52. The zero-order valence-corrected chi connectivity index (χ0v) is 11.6. The molecule has 0 aliphatic heterocycles. The van der Waals surface area contributed by atoms with Crippen LogP contribution in [0.5, 0.6) is 0 Å². The average molecular weight is 270 g/mol. The Morgan fingerprint density at radius 3 is 2.47 bits per heavy atom. The SMILES string of the molecule is CCC(C)C(NC)c1cc(C)cc(Br)c1. The van der Waals surface area contributed by atoms with Gasteiger partial charge in [0.2, 0.25) is 0 Å². The van der Waals surface area contributed by atoms with Crippen molar-refractivity contribution >= 4 is 15.9 Å². The van der Waals surface area contributed by atoms with E-state index in [1.54, 1.807) is 0 Å². The molecule has 2 heteroatoms. The van der Waals surface area contributed by atoms with Crippen LogP contribution in [-0.2, 0) is 0 Å². The molecule has 0 aliphatic carbocycles. The fraction of sp³-hybridized carbons (Fsp3) is 0.538. The Bertz CT molecular complexity index is 302. The summed E-state index contributed by atoms with van der Waals surface area (Å²) in [7, 11) is 2.03. The Hall–Kier alpha value is -0.340. The van der Waals surface area contributed by atoms with Gasteiger partial charge in [-0.25, -0.2) is 0 Å². The summed E-state index contributed by atoms with van der Waals surface area (Å²) in [6, 6.07) is 7.07. The zero-order valence-electron chi connectivity index (χ0n) is 9.97. The van der Waals surface area contributed by atoms with Crippen LogP contribution in [0.25, 0.3) is 0 Å². The number of rotatable bonds is 4. The fourth-order valence-corrected chi connectivity index (χ4v) is 2.59. The minimum Gasteiger partial charge on any atom is -0.313 e. The van der Waals surface area contributed by atoms with E-state index < -0.39 is 0 Å². The van der Waals surface area contributed by atoms with Crippen molar-refractivity contribution in [2.24, 2.45) is 5.92 Å². The van der Waals surface area contributed by atoms with Crippen LogP contribution in [0.3, 0.4) is 0 Å². The maximum absolute atomic E-state index is 3.55. The van der Waals surface area contributed by atoms with Crippen molar-refractivity contribution in [3.63, 3.8) is 0 Å². The highest BCUT2D eigenvalue weighted by Gasteiger charge is 2.16. The van der Waals surface area contributed by atoms with Crippen LogP contribution in [-0.4, -0.2) is 7.05 Å². The van der Waals surface area contributed by atoms with Gasteiger partial charge in [-0.3, -0.25) is 0 Å². The lowest BCUT2D eigenvalue weighted by Crippen LogP contribution is -2.23. The molecule has 0 aromatic heterocycles. The van der Waals surface area contributed by atoms with E-state index in [0.29, 0.717) is 12.0 Å². The molecule has 1 rings (SSSR count). The highest BCUT2D eigenvalue weighted by Crippen LogP contribution is 2.27. The Morgan fingerprint density at radius 2 is 2.00 bits per heavy atom. The monoisotopic (exact) mass is 269 g/mol. The number of nitrogens with one attached hydrogen (secondary N) is 1. The van der Waals surface area contributed by atoms with E-state index in [1.165, 1.54) is 22.0 Å². The molecule has 0 radical (unpaired) electrons. The van der Waals surface area contributed by atoms with Crippen LogP contribution in [0, 0.1) is 12.8 Å². The number of hydrogen-bond acceptors (Lipinski definition) is 1. The predicted octanol–water partition coefficient (Wildman–Crippen LogP) is 4.06. The second-order valence-electron chi connectivity index (χ2n) is 4.21. The standard InChI is InChI=1S/C13H20BrN/c1-5-10(3)13(15-4)11-6-9(2)7-12(14)8-11/h6-8,10,13,15H,5H2,1-4H3. The molecule has 0 spiro atoms. The second kappa shape index (κ2) is 5.66. The van der Waals surface area contributed by atoms with Gasteiger partial charge in [-0.15, -0.1) is 0 Å². The van der Waals surface area contributed by atoms with Crippen LogP contribution in [0.4, 0.5) is 0 Å². The van der Waals surface area contributed by atoms with Gasteiger partial charge in [0.15, 0.2) is 0 Å². The Labute approximate surface area is 101 Å². The maximum atomic E-state index is 3.55. The van der Waals surface area contributed by atoms with Gasteiger partial charge < -0.3 is 5.32 Å². The molecule has 0 amide bonds. The molecule has 1 aromatic rings. The Kier molecular flexibility index (Phi) is 4.81. The van der Waals surface area contributed by atoms with Crippen LogP contribution in [0.2, 0.25) is 0 Å². The molecule has 84 valence electrons. The minimum atomic E-state index is 0.450. The third-order valence-corrected chi connectivity index (χ3v) is 3.41. The van der Waals surface area contributed by atoms with Gasteiger partial charge in [-0.05, 0) is 43.1 Å². The lowest BCUT2D eigenvalue weighted by Gasteiger charge is -2.23. The van der Waals surface area contributed by atoms with Crippen molar-refractivity contribution in [2.75, 3.05) is 7.05 Å². The van der Waals surface area contributed by atoms with Gasteiger partial charge in [-0.1, -0.05) is 42.3 Å². The van der Waals surface area contributed by atoms with Crippen LogP contribution in [0.1, 0.15) is 37.4 Å². The molecule has 0 saturated carbocycles. The predicted molar refractivity (Wildman–Crippen MR) is 70.1 cm³/mol. The molecule has 2 unspecified atom stereocenters.